The highest BCUT2D eigenvalue weighted by Crippen LogP contribution is 2.25. The van der Waals surface area contributed by atoms with Gasteiger partial charge >= 0.3 is 0 Å². The van der Waals surface area contributed by atoms with E-state index >= 15 is 0 Å². The molecule has 0 atom stereocenters. The fourth-order valence-electron chi connectivity index (χ4n) is 3.82. The van der Waals surface area contributed by atoms with Gasteiger partial charge in [-0.2, -0.15) is 0 Å². The van der Waals surface area contributed by atoms with Crippen LogP contribution >= 0.6 is 0 Å². The lowest BCUT2D eigenvalue weighted by molar-refractivity contribution is 0.622. The number of halogens is 1. The minimum absolute atomic E-state index is 0.135. The van der Waals surface area contributed by atoms with E-state index in [1.807, 2.05) is 0 Å². The normalized spacial score (nSPS) is 11.0. The van der Waals surface area contributed by atoms with Gasteiger partial charge < -0.3 is 0 Å². The quantitative estimate of drug-likeness (QED) is 0.495. The Bertz CT molecular complexity index is 921. The van der Waals surface area contributed by atoms with Gasteiger partial charge in [-0.05, 0) is 85.5 Å². The predicted octanol–water partition coefficient (Wildman–Crippen LogP) is 6.49. The molecule has 0 saturated heterocycles. The maximum Gasteiger partial charge on any atom is 0.123 e. The smallest absolute Gasteiger partial charge is 0.123 e. The van der Waals surface area contributed by atoms with Gasteiger partial charge in [0.15, 0.2) is 0 Å². The summed E-state index contributed by atoms with van der Waals surface area (Å²) in [6.45, 7) is 8.51. The summed E-state index contributed by atoms with van der Waals surface area (Å²) in [5, 5.41) is 0. The van der Waals surface area contributed by atoms with Crippen LogP contribution in [0, 0.1) is 26.6 Å². The second kappa shape index (κ2) is 7.86. The first-order chi connectivity index (χ1) is 12.5. The van der Waals surface area contributed by atoms with Crippen molar-refractivity contribution in [2.45, 2.75) is 47.0 Å². The summed E-state index contributed by atoms with van der Waals surface area (Å²) in [6, 6.07) is 18.4. The van der Waals surface area contributed by atoms with Gasteiger partial charge in [0.05, 0.1) is 0 Å². The summed E-state index contributed by atoms with van der Waals surface area (Å²) in [6.07, 6.45) is 2.48. The van der Waals surface area contributed by atoms with Gasteiger partial charge in [-0.15, -0.1) is 0 Å². The molecule has 0 heterocycles. The lowest BCUT2D eigenvalue weighted by Gasteiger charge is -2.16. The maximum atomic E-state index is 14.4. The minimum Gasteiger partial charge on any atom is -0.207 e. The van der Waals surface area contributed by atoms with E-state index in [1.54, 1.807) is 12.1 Å². The molecule has 3 aromatic carbocycles. The molecule has 0 aliphatic heterocycles. The first-order valence-corrected chi connectivity index (χ1v) is 9.38. The summed E-state index contributed by atoms with van der Waals surface area (Å²) in [5.74, 6) is -0.135. The van der Waals surface area contributed by atoms with Crippen LogP contribution in [0.15, 0.2) is 54.6 Å². The third-order valence-electron chi connectivity index (χ3n) is 5.11. The van der Waals surface area contributed by atoms with Gasteiger partial charge in [-0.25, -0.2) is 4.39 Å². The fraction of sp³-hybridized carbons (Fsp3) is 0.280. The van der Waals surface area contributed by atoms with Gasteiger partial charge in [-0.1, -0.05) is 60.5 Å². The third kappa shape index (κ3) is 4.22. The van der Waals surface area contributed by atoms with Crippen LogP contribution in [0.5, 0.6) is 0 Å². The summed E-state index contributed by atoms with van der Waals surface area (Å²) >= 11 is 0. The third-order valence-corrected chi connectivity index (χ3v) is 5.11. The predicted molar refractivity (Wildman–Crippen MR) is 108 cm³/mol. The van der Waals surface area contributed by atoms with Crippen LogP contribution in [0.1, 0.15) is 51.4 Å². The van der Waals surface area contributed by atoms with E-state index in [1.165, 1.54) is 33.4 Å². The zero-order valence-electron chi connectivity index (χ0n) is 16.2. The Labute approximate surface area is 156 Å². The molecule has 0 N–H and O–H groups in total. The molecule has 0 bridgehead atoms. The molecule has 26 heavy (non-hydrogen) atoms. The molecule has 3 aromatic rings. The molecule has 0 nitrogen and oxygen atoms in total. The highest BCUT2D eigenvalue weighted by atomic mass is 19.1. The number of hydrogen-bond donors (Lipinski definition) is 0. The van der Waals surface area contributed by atoms with Gasteiger partial charge in [0.2, 0.25) is 0 Å². The van der Waals surface area contributed by atoms with E-state index in [0.717, 1.165) is 30.4 Å². The maximum absolute atomic E-state index is 14.4. The molecule has 0 amide bonds. The number of aryl methyl sites for hydroxylation is 3. The molecule has 0 fully saturated rings. The fourth-order valence-corrected chi connectivity index (χ4v) is 3.82. The van der Waals surface area contributed by atoms with E-state index in [2.05, 4.69) is 70.2 Å². The first kappa shape index (κ1) is 18.4. The Morgan fingerprint density at radius 1 is 0.731 bits per heavy atom. The second-order valence-corrected chi connectivity index (χ2v) is 7.33. The average Bonchev–Trinajstić information content (AvgIpc) is 2.57. The molecule has 0 aliphatic carbocycles. The molecule has 3 rings (SSSR count). The Kier molecular flexibility index (Phi) is 5.56. The van der Waals surface area contributed by atoms with Crippen molar-refractivity contribution in [3.8, 4) is 0 Å². The molecular weight excluding hydrogens is 319 g/mol. The van der Waals surface area contributed by atoms with Crippen molar-refractivity contribution in [3.63, 3.8) is 0 Å². The van der Waals surface area contributed by atoms with Gasteiger partial charge in [0, 0.05) is 0 Å². The summed E-state index contributed by atoms with van der Waals surface area (Å²) in [7, 11) is 0. The highest BCUT2D eigenvalue weighted by Gasteiger charge is 2.12. The molecule has 0 unspecified atom stereocenters. The molecule has 0 saturated carbocycles. The van der Waals surface area contributed by atoms with Gasteiger partial charge in [0.25, 0.3) is 0 Å². The molecule has 0 spiro atoms. The van der Waals surface area contributed by atoms with Crippen LogP contribution in [0.3, 0.4) is 0 Å². The summed E-state index contributed by atoms with van der Waals surface area (Å²) in [5.41, 5.74) is 9.80. The monoisotopic (exact) mass is 346 g/mol. The highest BCUT2D eigenvalue weighted by molar-refractivity contribution is 5.43. The molecule has 1 heteroatoms. The zero-order valence-corrected chi connectivity index (χ0v) is 16.2. The number of rotatable bonds is 5. The molecule has 134 valence electrons. The zero-order chi connectivity index (χ0) is 18.7. The SMILES string of the molecule is CCc1c(Cc2cccc(C)c2)cc(F)cc1Cc1ccc(C)cc1C. The van der Waals surface area contributed by atoms with E-state index in [-0.39, 0.29) is 5.82 Å². The minimum atomic E-state index is -0.135. The van der Waals surface area contributed by atoms with Crippen molar-refractivity contribution in [2.75, 3.05) is 0 Å². The summed E-state index contributed by atoms with van der Waals surface area (Å²) in [4.78, 5) is 0. The number of benzene rings is 3. The molecule has 0 aromatic heterocycles. The van der Waals surface area contributed by atoms with Crippen LogP contribution in [0.2, 0.25) is 0 Å². The van der Waals surface area contributed by atoms with E-state index in [4.69, 9.17) is 0 Å². The average molecular weight is 346 g/mol. The summed E-state index contributed by atoms with van der Waals surface area (Å²) < 4.78 is 14.4. The van der Waals surface area contributed by atoms with Crippen LogP contribution in [-0.2, 0) is 19.3 Å². The Balaban J connectivity index is 1.99. The van der Waals surface area contributed by atoms with Crippen molar-refractivity contribution in [2.24, 2.45) is 0 Å². The standard InChI is InChI=1S/C25H27F/c1-5-25-22(13-20-8-6-7-17(2)12-20)15-24(26)16-23(25)14-21-10-9-18(3)11-19(21)4/h6-12,15-16H,5,13-14H2,1-4H3. The van der Waals surface area contributed by atoms with E-state index in [0.29, 0.717) is 0 Å². The molecule has 0 aliphatic rings. The first-order valence-electron chi connectivity index (χ1n) is 9.38. The van der Waals surface area contributed by atoms with Gasteiger partial charge in [0.1, 0.15) is 5.82 Å². The van der Waals surface area contributed by atoms with Gasteiger partial charge in [-0.3, -0.25) is 0 Å². The van der Waals surface area contributed by atoms with Crippen molar-refractivity contribution >= 4 is 0 Å². The number of hydrogen-bond acceptors (Lipinski definition) is 0. The Morgan fingerprint density at radius 2 is 1.42 bits per heavy atom. The topological polar surface area (TPSA) is 0 Å². The van der Waals surface area contributed by atoms with Crippen molar-refractivity contribution in [1.82, 2.24) is 0 Å². The van der Waals surface area contributed by atoms with Crippen LogP contribution in [0.4, 0.5) is 4.39 Å². The lowest BCUT2D eigenvalue weighted by atomic mass is 9.89. The van der Waals surface area contributed by atoms with Crippen molar-refractivity contribution in [1.29, 1.82) is 0 Å². The van der Waals surface area contributed by atoms with E-state index in [9.17, 15) is 4.39 Å². The van der Waals surface area contributed by atoms with E-state index < -0.39 is 0 Å². The van der Waals surface area contributed by atoms with Crippen LogP contribution in [0.25, 0.3) is 0 Å². The van der Waals surface area contributed by atoms with Crippen LogP contribution < -0.4 is 0 Å². The van der Waals surface area contributed by atoms with Crippen molar-refractivity contribution in [3.05, 3.63) is 105 Å². The lowest BCUT2D eigenvalue weighted by Crippen LogP contribution is -2.04. The van der Waals surface area contributed by atoms with Crippen LogP contribution in [-0.4, -0.2) is 0 Å². The van der Waals surface area contributed by atoms with Crippen molar-refractivity contribution < 1.29 is 4.39 Å². The largest absolute Gasteiger partial charge is 0.207 e. The Morgan fingerprint density at radius 3 is 2.08 bits per heavy atom. The molecular formula is C25H27F. The second-order valence-electron chi connectivity index (χ2n) is 7.33. The molecule has 0 radical (unpaired) electrons. The Hall–Kier alpha value is -2.41.